The van der Waals surface area contributed by atoms with Crippen LogP contribution in [0.1, 0.15) is 64.7 Å². The maximum absolute atomic E-state index is 7.92. The number of nitrogens with one attached hydrogen (secondary N) is 1. The van der Waals surface area contributed by atoms with E-state index in [4.69, 9.17) is 5.41 Å². The standard InChI is InChI=1S/C12H23N/c1-2-3-4-5-10-12(13)11-8-6-7-9-11/h11,13H,2-10H2,1H3. The second kappa shape index (κ2) is 6.17. The third-order valence-electron chi connectivity index (χ3n) is 3.15. The lowest BCUT2D eigenvalue weighted by molar-refractivity contribution is 0.650. The number of hydrogen-bond donors (Lipinski definition) is 1. The highest BCUT2D eigenvalue weighted by Gasteiger charge is 2.18. The largest absolute Gasteiger partial charge is 0.309 e. The number of rotatable bonds is 6. The van der Waals surface area contributed by atoms with Crippen LogP contribution < -0.4 is 0 Å². The molecule has 0 unspecified atom stereocenters. The average Bonchev–Trinajstić information content (AvgIpc) is 2.65. The third kappa shape index (κ3) is 3.93. The van der Waals surface area contributed by atoms with Crippen LogP contribution in [0.5, 0.6) is 0 Å². The van der Waals surface area contributed by atoms with Gasteiger partial charge in [-0.1, -0.05) is 39.0 Å². The van der Waals surface area contributed by atoms with E-state index in [1.165, 1.54) is 51.4 Å². The van der Waals surface area contributed by atoms with E-state index < -0.39 is 0 Å². The molecule has 0 amide bonds. The molecule has 0 radical (unpaired) electrons. The molecule has 1 aliphatic carbocycles. The van der Waals surface area contributed by atoms with Crippen LogP contribution in [0, 0.1) is 11.3 Å². The van der Waals surface area contributed by atoms with Gasteiger partial charge in [-0.15, -0.1) is 0 Å². The second-order valence-electron chi connectivity index (χ2n) is 4.32. The zero-order chi connectivity index (χ0) is 9.52. The number of unbranched alkanes of at least 4 members (excludes halogenated alkanes) is 3. The summed E-state index contributed by atoms with van der Waals surface area (Å²) in [6.45, 7) is 2.24. The van der Waals surface area contributed by atoms with Gasteiger partial charge in [0.25, 0.3) is 0 Å². The fraction of sp³-hybridized carbons (Fsp3) is 0.917. The molecule has 0 aromatic rings. The second-order valence-corrected chi connectivity index (χ2v) is 4.32. The molecular formula is C12H23N. The molecule has 13 heavy (non-hydrogen) atoms. The summed E-state index contributed by atoms with van der Waals surface area (Å²) in [5, 5.41) is 7.92. The van der Waals surface area contributed by atoms with Crippen LogP contribution in [-0.2, 0) is 0 Å². The Kier molecular flexibility index (Phi) is 5.10. The topological polar surface area (TPSA) is 23.9 Å². The lowest BCUT2D eigenvalue weighted by Crippen LogP contribution is -2.09. The van der Waals surface area contributed by atoms with E-state index in [1.807, 2.05) is 0 Å². The molecule has 1 fully saturated rings. The van der Waals surface area contributed by atoms with Crippen LogP contribution in [0.15, 0.2) is 0 Å². The van der Waals surface area contributed by atoms with Gasteiger partial charge in [-0.2, -0.15) is 0 Å². The minimum absolute atomic E-state index is 0.668. The van der Waals surface area contributed by atoms with Crippen LogP contribution >= 0.6 is 0 Å². The fourth-order valence-corrected chi connectivity index (χ4v) is 2.22. The predicted molar refractivity (Wildman–Crippen MR) is 58.4 cm³/mol. The van der Waals surface area contributed by atoms with Crippen molar-refractivity contribution in [1.82, 2.24) is 0 Å². The maximum Gasteiger partial charge on any atom is 0.0120 e. The van der Waals surface area contributed by atoms with Gasteiger partial charge in [0.1, 0.15) is 0 Å². The first-order valence-corrected chi connectivity index (χ1v) is 5.92. The van der Waals surface area contributed by atoms with E-state index in [9.17, 15) is 0 Å². The Morgan fingerprint density at radius 2 is 1.85 bits per heavy atom. The first kappa shape index (κ1) is 10.7. The van der Waals surface area contributed by atoms with Crippen LogP contribution in [-0.4, -0.2) is 5.71 Å². The van der Waals surface area contributed by atoms with Crippen molar-refractivity contribution in [3.63, 3.8) is 0 Å². The summed E-state index contributed by atoms with van der Waals surface area (Å²) in [6.07, 6.45) is 11.6. The van der Waals surface area contributed by atoms with Crippen molar-refractivity contribution in [3.05, 3.63) is 0 Å². The van der Waals surface area contributed by atoms with E-state index in [0.29, 0.717) is 5.92 Å². The average molecular weight is 181 g/mol. The maximum atomic E-state index is 7.92. The van der Waals surface area contributed by atoms with Gasteiger partial charge < -0.3 is 5.41 Å². The first-order valence-electron chi connectivity index (χ1n) is 5.92. The highest BCUT2D eigenvalue weighted by atomic mass is 14.5. The van der Waals surface area contributed by atoms with Gasteiger partial charge in [0.05, 0.1) is 0 Å². The molecule has 1 nitrogen and oxygen atoms in total. The molecule has 1 rings (SSSR count). The summed E-state index contributed by atoms with van der Waals surface area (Å²) in [4.78, 5) is 0. The molecule has 1 heteroatoms. The molecule has 1 N–H and O–H groups in total. The van der Waals surface area contributed by atoms with E-state index in [-0.39, 0.29) is 0 Å². The van der Waals surface area contributed by atoms with E-state index in [2.05, 4.69) is 6.92 Å². The molecule has 1 aliphatic rings. The minimum atomic E-state index is 0.668. The molecule has 1 saturated carbocycles. The molecular weight excluding hydrogens is 158 g/mol. The Balaban J connectivity index is 2.03. The summed E-state index contributed by atoms with van der Waals surface area (Å²) in [6, 6.07) is 0. The van der Waals surface area contributed by atoms with Gasteiger partial charge >= 0.3 is 0 Å². The quantitative estimate of drug-likeness (QED) is 0.470. The van der Waals surface area contributed by atoms with Gasteiger partial charge in [-0.05, 0) is 31.6 Å². The van der Waals surface area contributed by atoms with Crippen molar-refractivity contribution in [2.45, 2.75) is 64.7 Å². The van der Waals surface area contributed by atoms with Gasteiger partial charge in [0.15, 0.2) is 0 Å². The third-order valence-corrected chi connectivity index (χ3v) is 3.15. The van der Waals surface area contributed by atoms with E-state index in [0.717, 1.165) is 12.1 Å². The van der Waals surface area contributed by atoms with Crippen molar-refractivity contribution in [1.29, 1.82) is 5.41 Å². The fourth-order valence-electron chi connectivity index (χ4n) is 2.22. The van der Waals surface area contributed by atoms with Crippen LogP contribution in [0.3, 0.4) is 0 Å². The first-order chi connectivity index (χ1) is 6.34. The summed E-state index contributed by atoms with van der Waals surface area (Å²) in [5.41, 5.74) is 1.05. The normalized spacial score (nSPS) is 17.9. The van der Waals surface area contributed by atoms with Gasteiger partial charge in [-0.25, -0.2) is 0 Å². The van der Waals surface area contributed by atoms with E-state index in [1.54, 1.807) is 0 Å². The molecule has 0 saturated heterocycles. The van der Waals surface area contributed by atoms with Crippen molar-refractivity contribution < 1.29 is 0 Å². The molecule has 0 atom stereocenters. The minimum Gasteiger partial charge on any atom is -0.309 e. The lowest BCUT2D eigenvalue weighted by Gasteiger charge is -2.10. The summed E-state index contributed by atoms with van der Waals surface area (Å²) < 4.78 is 0. The molecule has 0 spiro atoms. The van der Waals surface area contributed by atoms with Gasteiger partial charge in [0, 0.05) is 5.71 Å². The van der Waals surface area contributed by atoms with Crippen molar-refractivity contribution in [2.24, 2.45) is 5.92 Å². The Morgan fingerprint density at radius 3 is 2.46 bits per heavy atom. The van der Waals surface area contributed by atoms with Crippen molar-refractivity contribution in [3.8, 4) is 0 Å². The molecule has 0 aliphatic heterocycles. The predicted octanol–water partition coefficient (Wildman–Crippen LogP) is 4.17. The highest BCUT2D eigenvalue weighted by Crippen LogP contribution is 2.27. The van der Waals surface area contributed by atoms with Crippen molar-refractivity contribution in [2.75, 3.05) is 0 Å². The zero-order valence-corrected chi connectivity index (χ0v) is 8.94. The van der Waals surface area contributed by atoms with E-state index >= 15 is 0 Å². The summed E-state index contributed by atoms with van der Waals surface area (Å²) in [5.74, 6) is 0.668. The molecule has 0 heterocycles. The Labute approximate surface area is 82.4 Å². The van der Waals surface area contributed by atoms with Crippen LogP contribution in [0.4, 0.5) is 0 Å². The number of hydrogen-bond acceptors (Lipinski definition) is 1. The summed E-state index contributed by atoms with van der Waals surface area (Å²) >= 11 is 0. The van der Waals surface area contributed by atoms with Gasteiger partial charge in [-0.3, -0.25) is 0 Å². The highest BCUT2D eigenvalue weighted by molar-refractivity contribution is 5.83. The Morgan fingerprint density at radius 1 is 1.15 bits per heavy atom. The summed E-state index contributed by atoms with van der Waals surface area (Å²) in [7, 11) is 0. The zero-order valence-electron chi connectivity index (χ0n) is 8.94. The Hall–Kier alpha value is -0.330. The molecule has 76 valence electrons. The van der Waals surface area contributed by atoms with Crippen LogP contribution in [0.25, 0.3) is 0 Å². The molecule has 0 aromatic carbocycles. The lowest BCUT2D eigenvalue weighted by atomic mass is 9.97. The molecule has 0 bridgehead atoms. The SMILES string of the molecule is CCCCCCC(=N)C1CCCC1. The monoisotopic (exact) mass is 181 g/mol. The smallest absolute Gasteiger partial charge is 0.0120 e. The molecule has 0 aromatic heterocycles. The van der Waals surface area contributed by atoms with Gasteiger partial charge in [0.2, 0.25) is 0 Å². The Bertz CT molecular complexity index is 145. The van der Waals surface area contributed by atoms with Crippen LogP contribution in [0.2, 0.25) is 0 Å². The van der Waals surface area contributed by atoms with Crippen molar-refractivity contribution >= 4 is 5.71 Å².